The Hall–Kier alpha value is -2.04. The summed E-state index contributed by atoms with van der Waals surface area (Å²) in [5, 5.41) is 12.3. The zero-order valence-electron chi connectivity index (χ0n) is 11.8. The van der Waals surface area contributed by atoms with E-state index in [0.717, 1.165) is 0 Å². The summed E-state index contributed by atoms with van der Waals surface area (Å²) in [6, 6.07) is 6.82. The summed E-state index contributed by atoms with van der Waals surface area (Å²) in [6.45, 7) is 2.88. The molecule has 2 N–H and O–H groups in total. The molecule has 5 heteroatoms. The number of carbonyl (C=O) groups excluding carboxylic acids is 2. The molecule has 1 heterocycles. The molecule has 1 fully saturated rings. The SMILES string of the molecule is CNC(=O)C1(C)CCN(C(=O)Cc2ccccc2O)C1. The van der Waals surface area contributed by atoms with Gasteiger partial charge in [0.2, 0.25) is 11.8 Å². The normalized spacial score (nSPS) is 21.8. The summed E-state index contributed by atoms with van der Waals surface area (Å²) in [6.07, 6.45) is 0.829. The molecule has 108 valence electrons. The highest BCUT2D eigenvalue weighted by molar-refractivity contribution is 5.85. The fourth-order valence-electron chi connectivity index (χ4n) is 2.60. The van der Waals surface area contributed by atoms with Crippen molar-refractivity contribution < 1.29 is 14.7 Å². The van der Waals surface area contributed by atoms with Gasteiger partial charge in [0, 0.05) is 25.7 Å². The van der Waals surface area contributed by atoms with E-state index in [0.29, 0.717) is 25.1 Å². The third-order valence-electron chi connectivity index (χ3n) is 3.93. The molecule has 1 aliphatic heterocycles. The third-order valence-corrected chi connectivity index (χ3v) is 3.93. The first-order chi connectivity index (χ1) is 9.46. The fourth-order valence-corrected chi connectivity index (χ4v) is 2.60. The number of para-hydroxylation sites is 1. The van der Waals surface area contributed by atoms with Crippen LogP contribution in [0.3, 0.4) is 0 Å². The van der Waals surface area contributed by atoms with E-state index in [1.54, 1.807) is 36.2 Å². The number of hydrogen-bond acceptors (Lipinski definition) is 3. The second-order valence-electron chi connectivity index (χ2n) is 5.51. The van der Waals surface area contributed by atoms with Crippen LogP contribution >= 0.6 is 0 Å². The molecule has 0 aromatic heterocycles. The van der Waals surface area contributed by atoms with E-state index in [1.807, 2.05) is 6.92 Å². The van der Waals surface area contributed by atoms with Gasteiger partial charge in [0.25, 0.3) is 0 Å². The van der Waals surface area contributed by atoms with E-state index in [9.17, 15) is 14.7 Å². The maximum absolute atomic E-state index is 12.2. The molecule has 1 aromatic rings. The van der Waals surface area contributed by atoms with E-state index in [4.69, 9.17) is 0 Å². The van der Waals surface area contributed by atoms with Crippen molar-refractivity contribution in [3.63, 3.8) is 0 Å². The number of nitrogens with zero attached hydrogens (tertiary/aromatic N) is 1. The standard InChI is InChI=1S/C15H20N2O3/c1-15(14(20)16-2)7-8-17(10-15)13(19)9-11-5-3-4-6-12(11)18/h3-6,18H,7-10H2,1-2H3,(H,16,20). The number of nitrogens with one attached hydrogen (secondary N) is 1. The first-order valence-electron chi connectivity index (χ1n) is 6.73. The smallest absolute Gasteiger partial charge is 0.227 e. The van der Waals surface area contributed by atoms with Crippen LogP contribution in [0, 0.1) is 5.41 Å². The lowest BCUT2D eigenvalue weighted by atomic mass is 9.89. The summed E-state index contributed by atoms with van der Waals surface area (Å²) < 4.78 is 0. The van der Waals surface area contributed by atoms with Crippen LogP contribution in [0.15, 0.2) is 24.3 Å². The molecule has 20 heavy (non-hydrogen) atoms. The second kappa shape index (κ2) is 5.53. The van der Waals surface area contributed by atoms with Gasteiger partial charge in [-0.1, -0.05) is 18.2 Å². The molecule has 1 atom stereocenters. The maximum atomic E-state index is 12.2. The molecule has 0 saturated carbocycles. The number of phenolic OH excluding ortho intramolecular Hbond substituents is 1. The first kappa shape index (κ1) is 14.4. The topological polar surface area (TPSA) is 69.6 Å². The molecule has 1 aromatic carbocycles. The summed E-state index contributed by atoms with van der Waals surface area (Å²) in [7, 11) is 1.61. The zero-order valence-corrected chi connectivity index (χ0v) is 11.8. The molecule has 5 nitrogen and oxygen atoms in total. The largest absolute Gasteiger partial charge is 0.508 e. The summed E-state index contributed by atoms with van der Waals surface area (Å²) in [5.74, 6) is 0.0450. The molecule has 0 bridgehead atoms. The highest BCUT2D eigenvalue weighted by Gasteiger charge is 2.41. The predicted octanol–water partition coefficient (Wildman–Crippen LogP) is 0.919. The average molecular weight is 276 g/mol. The first-order valence-corrected chi connectivity index (χ1v) is 6.73. The van der Waals surface area contributed by atoms with Gasteiger partial charge in [-0.25, -0.2) is 0 Å². The quantitative estimate of drug-likeness (QED) is 0.862. The minimum Gasteiger partial charge on any atom is -0.508 e. The Bertz CT molecular complexity index is 530. The van der Waals surface area contributed by atoms with Gasteiger partial charge in [-0.3, -0.25) is 9.59 Å². The van der Waals surface area contributed by atoms with Crippen LogP contribution in [0.25, 0.3) is 0 Å². The van der Waals surface area contributed by atoms with Gasteiger partial charge in [-0.15, -0.1) is 0 Å². The number of aromatic hydroxyl groups is 1. The Morgan fingerprint density at radius 1 is 1.40 bits per heavy atom. The van der Waals surface area contributed by atoms with Crippen LogP contribution in [0.1, 0.15) is 18.9 Å². The number of carbonyl (C=O) groups is 2. The minimum atomic E-state index is -0.511. The Balaban J connectivity index is 2.02. The molecule has 0 radical (unpaired) electrons. The molecule has 0 spiro atoms. The molecule has 1 aliphatic rings. The second-order valence-corrected chi connectivity index (χ2v) is 5.51. The number of amides is 2. The number of hydrogen-bond donors (Lipinski definition) is 2. The van der Waals surface area contributed by atoms with E-state index < -0.39 is 5.41 Å². The summed E-state index contributed by atoms with van der Waals surface area (Å²) in [5.41, 5.74) is 0.106. The highest BCUT2D eigenvalue weighted by Crippen LogP contribution is 2.30. The molecule has 2 rings (SSSR count). The van der Waals surface area contributed by atoms with E-state index in [-0.39, 0.29) is 24.0 Å². The number of phenols is 1. The van der Waals surface area contributed by atoms with Crippen molar-refractivity contribution in [3.05, 3.63) is 29.8 Å². The average Bonchev–Trinajstić information content (AvgIpc) is 2.84. The van der Waals surface area contributed by atoms with Gasteiger partial charge in [-0.2, -0.15) is 0 Å². The van der Waals surface area contributed by atoms with Crippen LogP contribution in [0.4, 0.5) is 0 Å². The number of likely N-dealkylation sites (tertiary alicyclic amines) is 1. The van der Waals surface area contributed by atoms with Gasteiger partial charge in [0.05, 0.1) is 11.8 Å². The monoisotopic (exact) mass is 276 g/mol. The Kier molecular flexibility index (Phi) is 3.97. The fraction of sp³-hybridized carbons (Fsp3) is 0.467. The molecular weight excluding hydrogens is 256 g/mol. The van der Waals surface area contributed by atoms with Gasteiger partial charge in [-0.05, 0) is 19.4 Å². The molecule has 2 amide bonds. The minimum absolute atomic E-state index is 0.0321. The summed E-state index contributed by atoms with van der Waals surface area (Å²) >= 11 is 0. The van der Waals surface area contributed by atoms with Crippen LogP contribution in [0.2, 0.25) is 0 Å². The Morgan fingerprint density at radius 3 is 2.75 bits per heavy atom. The van der Waals surface area contributed by atoms with Crippen LogP contribution < -0.4 is 5.32 Å². The van der Waals surface area contributed by atoms with Crippen molar-refractivity contribution in [1.82, 2.24) is 10.2 Å². The van der Waals surface area contributed by atoms with Gasteiger partial charge in [0.15, 0.2) is 0 Å². The molecule has 1 saturated heterocycles. The van der Waals surface area contributed by atoms with Crippen molar-refractivity contribution in [2.75, 3.05) is 20.1 Å². The lowest BCUT2D eigenvalue weighted by molar-refractivity contribution is -0.132. The van der Waals surface area contributed by atoms with Crippen LogP contribution in [0.5, 0.6) is 5.75 Å². The molecule has 0 aliphatic carbocycles. The lowest BCUT2D eigenvalue weighted by Gasteiger charge is -2.22. The van der Waals surface area contributed by atoms with Crippen LogP contribution in [-0.2, 0) is 16.0 Å². The predicted molar refractivity (Wildman–Crippen MR) is 75.2 cm³/mol. The van der Waals surface area contributed by atoms with Crippen molar-refractivity contribution in [2.24, 2.45) is 5.41 Å². The van der Waals surface area contributed by atoms with Crippen LogP contribution in [-0.4, -0.2) is 42.0 Å². The number of benzene rings is 1. The Labute approximate surface area is 118 Å². The van der Waals surface area contributed by atoms with Crippen molar-refractivity contribution in [2.45, 2.75) is 19.8 Å². The molecular formula is C15H20N2O3. The van der Waals surface area contributed by atoms with Crippen molar-refractivity contribution >= 4 is 11.8 Å². The third kappa shape index (κ3) is 2.76. The van der Waals surface area contributed by atoms with Crippen molar-refractivity contribution in [1.29, 1.82) is 0 Å². The summed E-state index contributed by atoms with van der Waals surface area (Å²) in [4.78, 5) is 25.8. The van der Waals surface area contributed by atoms with E-state index >= 15 is 0 Å². The zero-order chi connectivity index (χ0) is 14.8. The van der Waals surface area contributed by atoms with Gasteiger partial charge < -0.3 is 15.3 Å². The van der Waals surface area contributed by atoms with Gasteiger partial charge >= 0.3 is 0 Å². The molecule has 1 unspecified atom stereocenters. The van der Waals surface area contributed by atoms with E-state index in [2.05, 4.69) is 5.32 Å². The maximum Gasteiger partial charge on any atom is 0.227 e. The number of rotatable bonds is 3. The van der Waals surface area contributed by atoms with E-state index in [1.165, 1.54) is 0 Å². The lowest BCUT2D eigenvalue weighted by Crippen LogP contribution is -2.40. The van der Waals surface area contributed by atoms with Gasteiger partial charge in [0.1, 0.15) is 5.75 Å². The highest BCUT2D eigenvalue weighted by atomic mass is 16.3. The van der Waals surface area contributed by atoms with Crippen molar-refractivity contribution in [3.8, 4) is 5.75 Å². The Morgan fingerprint density at radius 2 is 2.10 bits per heavy atom.